The third-order valence-electron chi connectivity index (χ3n) is 3.71. The van der Waals surface area contributed by atoms with E-state index in [9.17, 15) is 0 Å². The van der Waals surface area contributed by atoms with E-state index < -0.39 is 0 Å². The van der Waals surface area contributed by atoms with E-state index in [1.807, 2.05) is 0 Å². The van der Waals surface area contributed by atoms with E-state index in [0.29, 0.717) is 0 Å². The molecule has 2 aromatic rings. The first kappa shape index (κ1) is 14.9. The molecule has 0 saturated heterocycles. The third kappa shape index (κ3) is 4.24. The van der Waals surface area contributed by atoms with Gasteiger partial charge in [-0.15, -0.1) is 0 Å². The number of unbranched alkanes of at least 4 members (excludes halogenated alkanes) is 1. The summed E-state index contributed by atoms with van der Waals surface area (Å²) in [4.78, 5) is 1.60. The van der Waals surface area contributed by atoms with E-state index in [0.717, 1.165) is 18.8 Å². The van der Waals surface area contributed by atoms with Crippen LogP contribution in [0.4, 0.5) is 0 Å². The van der Waals surface area contributed by atoms with Gasteiger partial charge in [-0.3, -0.25) is 0 Å². The lowest BCUT2D eigenvalue weighted by Crippen LogP contribution is -3.09. The smallest absolute Gasteiger partial charge is 0.127 e. The molecule has 2 nitrogen and oxygen atoms in total. The Morgan fingerprint density at radius 1 is 0.950 bits per heavy atom. The van der Waals surface area contributed by atoms with Crippen LogP contribution in [0.15, 0.2) is 42.5 Å². The minimum Gasteiger partial charge on any atom is -0.493 e. The molecule has 0 saturated carbocycles. The second kappa shape index (κ2) is 7.91. The molecular weight excluding hydrogens is 246 g/mol. The molecule has 0 radical (unpaired) electrons. The summed E-state index contributed by atoms with van der Waals surface area (Å²) in [7, 11) is 2.27. The van der Waals surface area contributed by atoms with Crippen LogP contribution in [0.5, 0.6) is 5.75 Å². The standard InChI is InChI=1S/C18H25NO/c1-3-4-13-19(2)14-8-15-20-18-12-7-10-16-9-5-6-11-17(16)18/h5-7,9-12H,3-4,8,13-15H2,1-2H3/p+1. The van der Waals surface area contributed by atoms with Crippen LogP contribution in [-0.2, 0) is 0 Å². The predicted octanol–water partition coefficient (Wildman–Crippen LogP) is 2.92. The van der Waals surface area contributed by atoms with E-state index in [1.54, 1.807) is 4.90 Å². The van der Waals surface area contributed by atoms with Crippen molar-refractivity contribution in [2.24, 2.45) is 0 Å². The molecule has 1 N–H and O–H groups in total. The molecule has 0 heterocycles. The Labute approximate surface area is 122 Å². The summed E-state index contributed by atoms with van der Waals surface area (Å²) in [6, 6.07) is 14.7. The normalized spacial score (nSPS) is 12.5. The lowest BCUT2D eigenvalue weighted by molar-refractivity contribution is -0.880. The highest BCUT2D eigenvalue weighted by molar-refractivity contribution is 5.88. The van der Waals surface area contributed by atoms with Crippen LogP contribution in [0.2, 0.25) is 0 Å². The van der Waals surface area contributed by atoms with Gasteiger partial charge in [0.1, 0.15) is 5.75 Å². The summed E-state index contributed by atoms with van der Waals surface area (Å²) >= 11 is 0. The Kier molecular flexibility index (Phi) is 5.87. The molecule has 0 bridgehead atoms. The SMILES string of the molecule is CCCC[NH+](C)CCCOc1cccc2ccccc12. The molecule has 2 aromatic carbocycles. The maximum atomic E-state index is 5.96. The second-order valence-corrected chi connectivity index (χ2v) is 5.49. The Hall–Kier alpha value is -1.54. The number of ether oxygens (including phenoxy) is 1. The van der Waals surface area contributed by atoms with Gasteiger partial charge in [-0.05, 0) is 17.9 Å². The average Bonchev–Trinajstić information content (AvgIpc) is 2.49. The zero-order chi connectivity index (χ0) is 14.2. The molecule has 0 aliphatic rings. The van der Waals surface area contributed by atoms with E-state index in [2.05, 4.69) is 56.4 Å². The van der Waals surface area contributed by atoms with Gasteiger partial charge in [0, 0.05) is 11.8 Å². The Balaban J connectivity index is 1.81. The Morgan fingerprint density at radius 3 is 2.55 bits per heavy atom. The van der Waals surface area contributed by atoms with Crippen LogP contribution >= 0.6 is 0 Å². The number of hydrogen-bond donors (Lipinski definition) is 1. The molecule has 0 spiro atoms. The zero-order valence-electron chi connectivity index (χ0n) is 12.7. The number of hydrogen-bond acceptors (Lipinski definition) is 1. The summed E-state index contributed by atoms with van der Waals surface area (Å²) in [5.74, 6) is 1.01. The van der Waals surface area contributed by atoms with E-state index in [1.165, 1.54) is 36.7 Å². The molecule has 1 unspecified atom stereocenters. The van der Waals surface area contributed by atoms with Crippen molar-refractivity contribution in [2.45, 2.75) is 26.2 Å². The van der Waals surface area contributed by atoms with E-state index in [-0.39, 0.29) is 0 Å². The highest BCUT2D eigenvalue weighted by Gasteiger charge is 2.03. The largest absolute Gasteiger partial charge is 0.493 e. The highest BCUT2D eigenvalue weighted by Crippen LogP contribution is 2.24. The molecule has 0 aliphatic carbocycles. The molecule has 0 amide bonds. The predicted molar refractivity (Wildman–Crippen MR) is 85.6 cm³/mol. The first-order valence-electron chi connectivity index (χ1n) is 7.73. The van der Waals surface area contributed by atoms with Gasteiger partial charge in [0.05, 0.1) is 26.7 Å². The summed E-state index contributed by atoms with van der Waals surface area (Å²) < 4.78 is 5.96. The van der Waals surface area contributed by atoms with Gasteiger partial charge in [0.25, 0.3) is 0 Å². The molecule has 0 aliphatic heterocycles. The monoisotopic (exact) mass is 272 g/mol. The van der Waals surface area contributed by atoms with Crippen molar-refractivity contribution < 1.29 is 9.64 Å². The topological polar surface area (TPSA) is 13.7 Å². The van der Waals surface area contributed by atoms with Crippen LogP contribution in [0.1, 0.15) is 26.2 Å². The van der Waals surface area contributed by atoms with Crippen LogP contribution in [-0.4, -0.2) is 26.7 Å². The minimum atomic E-state index is 0.803. The van der Waals surface area contributed by atoms with Crippen molar-refractivity contribution in [2.75, 3.05) is 26.7 Å². The Bertz CT molecular complexity index is 518. The van der Waals surface area contributed by atoms with Gasteiger partial charge in [-0.1, -0.05) is 49.7 Å². The number of nitrogens with one attached hydrogen (secondary N) is 1. The van der Waals surface area contributed by atoms with E-state index >= 15 is 0 Å². The van der Waals surface area contributed by atoms with Gasteiger partial charge in [-0.2, -0.15) is 0 Å². The quantitative estimate of drug-likeness (QED) is 0.730. The molecule has 0 fully saturated rings. The molecule has 2 heteroatoms. The fourth-order valence-corrected chi connectivity index (χ4v) is 2.48. The molecule has 20 heavy (non-hydrogen) atoms. The van der Waals surface area contributed by atoms with Crippen molar-refractivity contribution in [3.8, 4) is 5.75 Å². The van der Waals surface area contributed by atoms with Gasteiger partial charge in [0.15, 0.2) is 0 Å². The minimum absolute atomic E-state index is 0.803. The third-order valence-corrected chi connectivity index (χ3v) is 3.71. The molecule has 1 atom stereocenters. The summed E-state index contributed by atoms with van der Waals surface area (Å²) in [6.07, 6.45) is 3.71. The first-order valence-corrected chi connectivity index (χ1v) is 7.73. The Morgan fingerprint density at radius 2 is 1.70 bits per heavy atom. The van der Waals surface area contributed by atoms with Crippen LogP contribution in [0.25, 0.3) is 10.8 Å². The lowest BCUT2D eigenvalue weighted by Gasteiger charge is -2.14. The van der Waals surface area contributed by atoms with Gasteiger partial charge < -0.3 is 9.64 Å². The fraction of sp³-hybridized carbons (Fsp3) is 0.444. The molecule has 0 aromatic heterocycles. The van der Waals surface area contributed by atoms with Gasteiger partial charge >= 0.3 is 0 Å². The maximum Gasteiger partial charge on any atom is 0.127 e. The summed E-state index contributed by atoms with van der Waals surface area (Å²) in [5, 5.41) is 2.46. The molecule has 108 valence electrons. The van der Waals surface area contributed by atoms with Crippen molar-refractivity contribution in [1.82, 2.24) is 0 Å². The average molecular weight is 272 g/mol. The lowest BCUT2D eigenvalue weighted by atomic mass is 10.1. The van der Waals surface area contributed by atoms with Crippen molar-refractivity contribution in [3.05, 3.63) is 42.5 Å². The van der Waals surface area contributed by atoms with Crippen LogP contribution in [0, 0.1) is 0 Å². The van der Waals surface area contributed by atoms with Gasteiger partial charge in [0.2, 0.25) is 0 Å². The van der Waals surface area contributed by atoms with Crippen molar-refractivity contribution in [1.29, 1.82) is 0 Å². The van der Waals surface area contributed by atoms with E-state index in [4.69, 9.17) is 4.74 Å². The summed E-state index contributed by atoms with van der Waals surface area (Å²) in [6.45, 7) is 5.50. The van der Waals surface area contributed by atoms with Crippen LogP contribution in [0.3, 0.4) is 0 Å². The highest BCUT2D eigenvalue weighted by atomic mass is 16.5. The second-order valence-electron chi connectivity index (χ2n) is 5.49. The molecular formula is C18H26NO+. The number of fused-ring (bicyclic) bond motifs is 1. The molecule has 2 rings (SSSR count). The number of rotatable bonds is 8. The number of quaternary nitrogens is 1. The first-order chi connectivity index (χ1) is 9.81. The van der Waals surface area contributed by atoms with Gasteiger partial charge in [-0.25, -0.2) is 0 Å². The van der Waals surface area contributed by atoms with Crippen molar-refractivity contribution in [3.63, 3.8) is 0 Å². The maximum absolute atomic E-state index is 5.96. The van der Waals surface area contributed by atoms with Crippen molar-refractivity contribution >= 4 is 10.8 Å². The van der Waals surface area contributed by atoms with Crippen LogP contribution < -0.4 is 9.64 Å². The zero-order valence-corrected chi connectivity index (χ0v) is 12.7. The fourth-order valence-electron chi connectivity index (χ4n) is 2.48. The number of benzene rings is 2. The summed E-state index contributed by atoms with van der Waals surface area (Å²) in [5.41, 5.74) is 0.